The van der Waals surface area contributed by atoms with Gasteiger partial charge in [-0.15, -0.1) is 5.10 Å². The summed E-state index contributed by atoms with van der Waals surface area (Å²) in [6.07, 6.45) is -0.176. The zero-order chi connectivity index (χ0) is 13.4. The van der Waals surface area contributed by atoms with Crippen LogP contribution >= 0.6 is 0 Å². The zero-order valence-corrected chi connectivity index (χ0v) is 9.88. The van der Waals surface area contributed by atoms with E-state index in [4.69, 9.17) is 0 Å². The summed E-state index contributed by atoms with van der Waals surface area (Å²) in [4.78, 5) is 25.1. The van der Waals surface area contributed by atoms with Gasteiger partial charge in [0.05, 0.1) is 12.1 Å². The Labute approximate surface area is 107 Å². The normalized spacial score (nSPS) is 21.1. The van der Waals surface area contributed by atoms with Gasteiger partial charge >= 0.3 is 5.69 Å². The van der Waals surface area contributed by atoms with Crippen molar-refractivity contribution in [3.63, 3.8) is 0 Å². The highest BCUT2D eigenvalue weighted by Crippen LogP contribution is 2.31. The van der Waals surface area contributed by atoms with Crippen LogP contribution in [0.1, 0.15) is 27.8 Å². The highest BCUT2D eigenvalue weighted by Gasteiger charge is 2.32. The van der Waals surface area contributed by atoms with E-state index in [1.807, 2.05) is 24.3 Å². The number of rotatable bonds is 2. The van der Waals surface area contributed by atoms with E-state index in [-0.39, 0.29) is 5.82 Å². The molecular weight excluding hydrogens is 248 g/mol. The van der Waals surface area contributed by atoms with Crippen LogP contribution in [0.2, 0.25) is 0 Å². The molecule has 2 unspecified atom stereocenters. The number of aromatic amines is 2. The van der Waals surface area contributed by atoms with E-state index in [9.17, 15) is 14.7 Å². The fraction of sp³-hybridized carbons (Fsp3) is 0.250. The lowest BCUT2D eigenvalue weighted by Gasteiger charge is -2.16. The standard InChI is InChI=1S/C12H12N4O3/c17-8-5-6-3-1-2-4-7(6)9(8)13-11(18)10-14-12(19)16-15-10/h1-4,8-9,17H,5H2,(H,13,18)(H2,14,15,16,19). The molecule has 0 saturated heterocycles. The summed E-state index contributed by atoms with van der Waals surface area (Å²) < 4.78 is 0. The molecule has 98 valence electrons. The molecule has 0 fully saturated rings. The van der Waals surface area contributed by atoms with Crippen LogP contribution in [0.5, 0.6) is 0 Å². The highest BCUT2D eigenvalue weighted by molar-refractivity contribution is 5.90. The molecular formula is C12H12N4O3. The third-order valence-electron chi connectivity index (χ3n) is 3.21. The van der Waals surface area contributed by atoms with Crippen LogP contribution < -0.4 is 11.0 Å². The minimum Gasteiger partial charge on any atom is -0.390 e. The molecule has 1 amide bonds. The summed E-state index contributed by atoms with van der Waals surface area (Å²) in [6.45, 7) is 0. The molecule has 0 radical (unpaired) electrons. The molecule has 7 heteroatoms. The van der Waals surface area contributed by atoms with Crippen molar-refractivity contribution in [1.82, 2.24) is 20.5 Å². The zero-order valence-electron chi connectivity index (χ0n) is 9.88. The van der Waals surface area contributed by atoms with E-state index in [2.05, 4.69) is 20.5 Å². The van der Waals surface area contributed by atoms with Crippen LogP contribution in [0, 0.1) is 0 Å². The van der Waals surface area contributed by atoms with Gasteiger partial charge in [0.15, 0.2) is 0 Å². The summed E-state index contributed by atoms with van der Waals surface area (Å²) in [5, 5.41) is 18.3. The number of carbonyl (C=O) groups is 1. The van der Waals surface area contributed by atoms with E-state index in [0.717, 1.165) is 11.1 Å². The average molecular weight is 260 g/mol. The molecule has 7 nitrogen and oxygen atoms in total. The Kier molecular flexibility index (Phi) is 2.68. The molecule has 1 aromatic heterocycles. The van der Waals surface area contributed by atoms with E-state index < -0.39 is 23.7 Å². The Morgan fingerprint density at radius 1 is 1.42 bits per heavy atom. The molecule has 0 saturated carbocycles. The molecule has 2 atom stereocenters. The Bertz CT molecular complexity index is 675. The van der Waals surface area contributed by atoms with E-state index >= 15 is 0 Å². The van der Waals surface area contributed by atoms with Gasteiger partial charge in [0.2, 0.25) is 5.82 Å². The number of aromatic nitrogens is 3. The van der Waals surface area contributed by atoms with Crippen molar-refractivity contribution in [3.05, 3.63) is 51.7 Å². The molecule has 2 aromatic rings. The van der Waals surface area contributed by atoms with Gasteiger partial charge in [-0.25, -0.2) is 9.89 Å². The largest absolute Gasteiger partial charge is 0.390 e. The van der Waals surface area contributed by atoms with Gasteiger partial charge in [-0.1, -0.05) is 24.3 Å². The number of H-pyrrole nitrogens is 2. The fourth-order valence-electron chi connectivity index (χ4n) is 2.34. The van der Waals surface area contributed by atoms with Crippen molar-refractivity contribution in [2.75, 3.05) is 0 Å². The van der Waals surface area contributed by atoms with Crippen molar-refractivity contribution >= 4 is 5.91 Å². The first-order valence-corrected chi connectivity index (χ1v) is 5.86. The summed E-state index contributed by atoms with van der Waals surface area (Å²) in [6, 6.07) is 7.04. The number of hydrogen-bond acceptors (Lipinski definition) is 4. The third kappa shape index (κ3) is 2.04. The van der Waals surface area contributed by atoms with Gasteiger partial charge < -0.3 is 10.4 Å². The Morgan fingerprint density at radius 2 is 2.21 bits per heavy atom. The second kappa shape index (κ2) is 4.36. The highest BCUT2D eigenvalue weighted by atomic mass is 16.3. The van der Waals surface area contributed by atoms with Crippen LogP contribution in [0.3, 0.4) is 0 Å². The van der Waals surface area contributed by atoms with Crippen molar-refractivity contribution in [2.45, 2.75) is 18.6 Å². The van der Waals surface area contributed by atoms with Gasteiger partial charge in [0.25, 0.3) is 5.91 Å². The molecule has 3 rings (SSSR count). The minimum atomic E-state index is -0.674. The number of nitrogens with zero attached hydrogens (tertiary/aromatic N) is 1. The molecule has 1 aromatic carbocycles. The predicted molar refractivity (Wildman–Crippen MR) is 65.6 cm³/mol. The van der Waals surface area contributed by atoms with Crippen LogP contribution in [0.4, 0.5) is 0 Å². The number of hydrogen-bond donors (Lipinski definition) is 4. The van der Waals surface area contributed by atoms with Gasteiger partial charge in [-0.05, 0) is 11.1 Å². The van der Waals surface area contributed by atoms with Gasteiger partial charge in [0.1, 0.15) is 0 Å². The summed E-state index contributed by atoms with van der Waals surface area (Å²) in [7, 11) is 0. The van der Waals surface area contributed by atoms with Gasteiger partial charge in [-0.2, -0.15) is 0 Å². The van der Waals surface area contributed by atoms with Crippen molar-refractivity contribution in [3.8, 4) is 0 Å². The monoisotopic (exact) mass is 260 g/mol. The number of nitrogens with one attached hydrogen (secondary N) is 3. The van der Waals surface area contributed by atoms with Crippen LogP contribution in [0.15, 0.2) is 29.1 Å². The Hall–Kier alpha value is -2.41. The third-order valence-corrected chi connectivity index (χ3v) is 3.21. The number of amides is 1. The van der Waals surface area contributed by atoms with Gasteiger partial charge in [0, 0.05) is 6.42 Å². The number of benzene rings is 1. The Balaban J connectivity index is 1.84. The van der Waals surface area contributed by atoms with Crippen molar-refractivity contribution < 1.29 is 9.90 Å². The lowest BCUT2D eigenvalue weighted by atomic mass is 10.1. The number of carbonyl (C=O) groups excluding carboxylic acids is 1. The molecule has 0 aliphatic heterocycles. The van der Waals surface area contributed by atoms with Gasteiger partial charge in [-0.3, -0.25) is 9.78 Å². The molecule has 19 heavy (non-hydrogen) atoms. The SMILES string of the molecule is O=C(NC1c2ccccc2CC1O)c1n[nH]c(=O)[nH]1. The average Bonchev–Trinajstić information content (AvgIpc) is 2.95. The lowest BCUT2D eigenvalue weighted by Crippen LogP contribution is -2.34. The topological polar surface area (TPSA) is 111 Å². The molecule has 1 aliphatic carbocycles. The van der Waals surface area contributed by atoms with Crippen LogP contribution in [0.25, 0.3) is 0 Å². The van der Waals surface area contributed by atoms with Crippen molar-refractivity contribution in [2.24, 2.45) is 0 Å². The number of fused-ring (bicyclic) bond motifs is 1. The maximum atomic E-state index is 11.9. The predicted octanol–water partition coefficient (Wildman–Crippen LogP) is -0.514. The summed E-state index contributed by atoms with van der Waals surface area (Å²) in [5.74, 6) is -0.624. The van der Waals surface area contributed by atoms with Crippen molar-refractivity contribution in [1.29, 1.82) is 0 Å². The van der Waals surface area contributed by atoms with Crippen LogP contribution in [-0.4, -0.2) is 32.3 Å². The first-order chi connectivity index (χ1) is 9.15. The minimum absolute atomic E-state index is 0.0958. The van der Waals surface area contributed by atoms with E-state index in [1.165, 1.54) is 0 Å². The second-order valence-electron chi connectivity index (χ2n) is 4.45. The molecule has 0 spiro atoms. The smallest absolute Gasteiger partial charge is 0.341 e. The lowest BCUT2D eigenvalue weighted by molar-refractivity contribution is 0.0848. The fourth-order valence-corrected chi connectivity index (χ4v) is 2.34. The maximum absolute atomic E-state index is 11.9. The van der Waals surface area contributed by atoms with E-state index in [1.54, 1.807) is 0 Å². The van der Waals surface area contributed by atoms with E-state index in [0.29, 0.717) is 6.42 Å². The Morgan fingerprint density at radius 3 is 2.95 bits per heavy atom. The quantitative estimate of drug-likeness (QED) is 0.582. The molecule has 1 aliphatic rings. The first kappa shape index (κ1) is 11.7. The summed E-state index contributed by atoms with van der Waals surface area (Å²) >= 11 is 0. The summed E-state index contributed by atoms with van der Waals surface area (Å²) in [5.41, 5.74) is 1.36. The number of aliphatic hydroxyl groups excluding tert-OH is 1. The molecule has 0 bridgehead atoms. The van der Waals surface area contributed by atoms with Crippen LogP contribution in [-0.2, 0) is 6.42 Å². The maximum Gasteiger partial charge on any atom is 0.341 e. The molecule has 4 N–H and O–H groups in total. The first-order valence-electron chi connectivity index (χ1n) is 5.86. The second-order valence-corrected chi connectivity index (χ2v) is 4.45. The number of aliphatic hydroxyl groups is 1. The molecule has 1 heterocycles.